The molecule has 1 N–H and O–H groups in total. The third-order valence-electron chi connectivity index (χ3n) is 3.67. The minimum Gasteiger partial charge on any atom is -0.510 e. The lowest BCUT2D eigenvalue weighted by Gasteiger charge is -2.33. The molecule has 1 aliphatic carbocycles. The predicted molar refractivity (Wildman–Crippen MR) is 74.1 cm³/mol. The van der Waals surface area contributed by atoms with Crippen molar-refractivity contribution in [1.29, 1.82) is 0 Å². The monoisotopic (exact) mass is 307 g/mol. The lowest BCUT2D eigenvalue weighted by Crippen LogP contribution is -2.40. The Morgan fingerprint density at radius 2 is 2.09 bits per heavy atom. The zero-order valence-corrected chi connectivity index (χ0v) is 12.8. The van der Waals surface area contributed by atoms with Crippen molar-refractivity contribution < 1.29 is 28.8 Å². The van der Waals surface area contributed by atoms with E-state index in [0.29, 0.717) is 5.69 Å². The highest BCUT2D eigenvalue weighted by Crippen LogP contribution is 2.41. The number of aliphatic hydroxyl groups excluding tert-OH is 1. The molecular formula is C15H17NO6. The molecular weight excluding hydrogens is 290 g/mol. The van der Waals surface area contributed by atoms with Gasteiger partial charge < -0.3 is 14.4 Å². The first kappa shape index (κ1) is 15.9. The number of hydrogen-bond acceptors (Lipinski definition) is 7. The van der Waals surface area contributed by atoms with Crippen LogP contribution in [0.25, 0.3) is 0 Å². The lowest BCUT2D eigenvalue weighted by molar-refractivity contribution is -0.138. The number of methoxy groups -OCH3 is 1. The number of aryl methyl sites for hydroxylation is 1. The molecule has 0 spiro atoms. The van der Waals surface area contributed by atoms with Crippen LogP contribution in [0.3, 0.4) is 0 Å². The highest BCUT2D eigenvalue weighted by molar-refractivity contribution is 6.14. The van der Waals surface area contributed by atoms with Crippen LogP contribution in [-0.2, 0) is 14.3 Å². The molecule has 7 heteroatoms. The fourth-order valence-corrected chi connectivity index (χ4v) is 2.64. The Kier molecular flexibility index (Phi) is 3.91. The van der Waals surface area contributed by atoms with E-state index in [4.69, 9.17) is 4.52 Å². The Morgan fingerprint density at radius 3 is 2.59 bits per heavy atom. The molecule has 0 bridgehead atoms. The summed E-state index contributed by atoms with van der Waals surface area (Å²) in [5.41, 5.74) is -0.504. The molecule has 0 saturated heterocycles. The number of allylic oxidation sites excluding steroid dienone is 1. The van der Waals surface area contributed by atoms with Gasteiger partial charge in [-0.3, -0.25) is 9.59 Å². The molecule has 0 radical (unpaired) electrons. The molecule has 22 heavy (non-hydrogen) atoms. The molecule has 0 amide bonds. The van der Waals surface area contributed by atoms with Crippen LogP contribution < -0.4 is 0 Å². The second kappa shape index (κ2) is 5.40. The van der Waals surface area contributed by atoms with Gasteiger partial charge in [0, 0.05) is 17.9 Å². The van der Waals surface area contributed by atoms with Gasteiger partial charge >= 0.3 is 5.97 Å². The van der Waals surface area contributed by atoms with E-state index in [1.54, 1.807) is 20.8 Å². The van der Waals surface area contributed by atoms with Crippen LogP contribution in [0.5, 0.6) is 0 Å². The van der Waals surface area contributed by atoms with E-state index in [0.717, 1.165) is 0 Å². The first-order valence-corrected chi connectivity index (χ1v) is 6.71. The second-order valence-electron chi connectivity index (χ2n) is 5.91. The third kappa shape index (κ3) is 2.54. The molecule has 1 aromatic rings. The van der Waals surface area contributed by atoms with Gasteiger partial charge in [0.25, 0.3) is 0 Å². The molecule has 0 fully saturated rings. The number of ether oxygens (including phenoxy) is 1. The van der Waals surface area contributed by atoms with E-state index in [9.17, 15) is 19.5 Å². The number of aromatic nitrogens is 1. The topological polar surface area (TPSA) is 107 Å². The number of hydrogen-bond donors (Lipinski definition) is 1. The number of esters is 1. The number of rotatable bonds is 3. The molecule has 0 aromatic carbocycles. The van der Waals surface area contributed by atoms with Crippen molar-refractivity contribution in [2.75, 3.05) is 7.11 Å². The maximum atomic E-state index is 12.4. The summed E-state index contributed by atoms with van der Waals surface area (Å²) in [5, 5.41) is 13.9. The van der Waals surface area contributed by atoms with Crippen molar-refractivity contribution in [3.8, 4) is 0 Å². The molecule has 1 aromatic heterocycles. The number of Topliss-reactive ketones (excluding diaryl/α,β-unsaturated/α-hetero) is 2. The third-order valence-corrected chi connectivity index (χ3v) is 3.67. The zero-order chi connectivity index (χ0) is 16.7. The summed E-state index contributed by atoms with van der Waals surface area (Å²) in [6.07, 6.45) is -0.0645. The number of ketones is 2. The van der Waals surface area contributed by atoms with E-state index < -0.39 is 34.6 Å². The van der Waals surface area contributed by atoms with E-state index >= 15 is 0 Å². The summed E-state index contributed by atoms with van der Waals surface area (Å²) in [6.45, 7) is 4.89. The molecule has 118 valence electrons. The quantitative estimate of drug-likeness (QED) is 0.515. The molecule has 0 aliphatic heterocycles. The summed E-state index contributed by atoms with van der Waals surface area (Å²) in [4.78, 5) is 36.6. The summed E-state index contributed by atoms with van der Waals surface area (Å²) < 4.78 is 9.50. The Bertz CT molecular complexity index is 682. The van der Waals surface area contributed by atoms with Crippen LogP contribution in [0, 0.1) is 18.3 Å². The van der Waals surface area contributed by atoms with Crippen molar-refractivity contribution in [3.05, 3.63) is 28.9 Å². The van der Waals surface area contributed by atoms with E-state index in [-0.39, 0.29) is 17.8 Å². The van der Waals surface area contributed by atoms with Crippen LogP contribution >= 0.6 is 0 Å². The Hall–Kier alpha value is -2.44. The molecule has 2 rings (SSSR count). The highest BCUT2D eigenvalue weighted by Gasteiger charge is 2.47. The first-order valence-electron chi connectivity index (χ1n) is 6.71. The fourth-order valence-electron chi connectivity index (χ4n) is 2.64. The minimum absolute atomic E-state index is 0.0645. The Balaban J connectivity index is 2.53. The SMILES string of the molecule is COC(=O)C1=C(O)[C@H](C(=O)c2cc(C)no2)C(=O)CC1(C)C. The molecule has 7 nitrogen and oxygen atoms in total. The van der Waals surface area contributed by atoms with Gasteiger partial charge in [0.15, 0.2) is 5.78 Å². The molecule has 1 aliphatic rings. The molecule has 0 unspecified atom stereocenters. The van der Waals surface area contributed by atoms with E-state index in [2.05, 4.69) is 9.89 Å². The van der Waals surface area contributed by atoms with Gasteiger partial charge in [-0.15, -0.1) is 0 Å². The zero-order valence-electron chi connectivity index (χ0n) is 12.8. The maximum absolute atomic E-state index is 12.4. The lowest BCUT2D eigenvalue weighted by atomic mass is 9.69. The fraction of sp³-hybridized carbons (Fsp3) is 0.467. The second-order valence-corrected chi connectivity index (χ2v) is 5.91. The van der Waals surface area contributed by atoms with Crippen LogP contribution in [-0.4, -0.2) is 34.9 Å². The van der Waals surface area contributed by atoms with Crippen molar-refractivity contribution in [3.63, 3.8) is 0 Å². The molecule has 1 heterocycles. The molecule has 1 atom stereocenters. The van der Waals surface area contributed by atoms with Gasteiger partial charge in [-0.05, 0) is 6.92 Å². The smallest absolute Gasteiger partial charge is 0.337 e. The minimum atomic E-state index is -1.46. The number of carbonyl (C=O) groups excluding carboxylic acids is 3. The summed E-state index contributed by atoms with van der Waals surface area (Å²) in [6, 6.07) is 1.38. The van der Waals surface area contributed by atoms with Crippen molar-refractivity contribution >= 4 is 17.5 Å². The Labute approximate surface area is 126 Å². The number of carbonyl (C=O) groups is 3. The first-order chi connectivity index (χ1) is 10.2. The van der Waals surface area contributed by atoms with E-state index in [1.165, 1.54) is 13.2 Å². The van der Waals surface area contributed by atoms with Gasteiger partial charge in [-0.25, -0.2) is 4.79 Å². The van der Waals surface area contributed by atoms with E-state index in [1.807, 2.05) is 0 Å². The average molecular weight is 307 g/mol. The Morgan fingerprint density at radius 1 is 1.45 bits per heavy atom. The summed E-state index contributed by atoms with van der Waals surface area (Å²) in [5.74, 6) is -4.14. The van der Waals surface area contributed by atoms with Crippen molar-refractivity contribution in [2.24, 2.45) is 11.3 Å². The predicted octanol–water partition coefficient (Wildman–Crippen LogP) is 1.77. The number of aliphatic hydroxyl groups is 1. The summed E-state index contributed by atoms with van der Waals surface area (Å²) in [7, 11) is 1.17. The van der Waals surface area contributed by atoms with Crippen LogP contribution in [0.4, 0.5) is 0 Å². The highest BCUT2D eigenvalue weighted by atomic mass is 16.5. The molecule has 0 saturated carbocycles. The van der Waals surface area contributed by atoms with Crippen LogP contribution in [0.2, 0.25) is 0 Å². The van der Waals surface area contributed by atoms with Crippen molar-refractivity contribution in [1.82, 2.24) is 5.16 Å². The van der Waals surface area contributed by atoms with Crippen molar-refractivity contribution in [2.45, 2.75) is 27.2 Å². The van der Waals surface area contributed by atoms with Crippen LogP contribution in [0.1, 0.15) is 36.5 Å². The standard InChI is InChI=1S/C15H17NO6/c1-7-5-9(22-16-7)12(18)10-8(17)6-15(2,3)11(13(10)19)14(20)21-4/h5,10,19H,6H2,1-4H3/t10-/m0/s1. The van der Waals surface area contributed by atoms with Gasteiger partial charge in [0.2, 0.25) is 11.5 Å². The maximum Gasteiger partial charge on any atom is 0.337 e. The largest absolute Gasteiger partial charge is 0.510 e. The van der Waals surface area contributed by atoms with Crippen LogP contribution in [0.15, 0.2) is 21.9 Å². The van der Waals surface area contributed by atoms with Gasteiger partial charge in [-0.1, -0.05) is 19.0 Å². The normalized spacial score (nSPS) is 20.9. The van der Waals surface area contributed by atoms with Gasteiger partial charge in [-0.2, -0.15) is 0 Å². The average Bonchev–Trinajstić information content (AvgIpc) is 2.83. The van der Waals surface area contributed by atoms with Gasteiger partial charge in [0.1, 0.15) is 11.7 Å². The summed E-state index contributed by atoms with van der Waals surface area (Å²) >= 11 is 0. The number of nitrogens with zero attached hydrogens (tertiary/aromatic N) is 1. The van der Waals surface area contributed by atoms with Gasteiger partial charge in [0.05, 0.1) is 18.4 Å².